The number of ether oxygens (including phenoxy) is 1. The molecule has 0 aliphatic carbocycles. The van der Waals surface area contributed by atoms with Crippen molar-refractivity contribution >= 4 is 33.0 Å². The predicted molar refractivity (Wildman–Crippen MR) is 143 cm³/mol. The number of amides is 1. The summed E-state index contributed by atoms with van der Waals surface area (Å²) in [6.45, 7) is 5.19. The molecule has 1 aliphatic rings. The topological polar surface area (TPSA) is 112 Å². The molecular weight excluding hydrogens is 512 g/mol. The largest absolute Gasteiger partial charge is 0.486 e. The molecule has 4 rings (SSSR count). The number of hydrogen-bond acceptors (Lipinski definition) is 8. The molecule has 1 aromatic carbocycles. The number of carbonyl (C=O) groups excluding carboxylic acids is 1. The molecule has 0 saturated carbocycles. The van der Waals surface area contributed by atoms with E-state index in [1.807, 2.05) is 26.1 Å². The summed E-state index contributed by atoms with van der Waals surface area (Å²) >= 11 is 1.11. The number of para-hydroxylation sites is 1. The maximum Gasteiger partial charge on any atom is 0.271 e. The van der Waals surface area contributed by atoms with Gasteiger partial charge in [-0.05, 0) is 55.2 Å². The fourth-order valence-corrected chi connectivity index (χ4v) is 6.38. The first-order valence-corrected chi connectivity index (χ1v) is 14.4. The van der Waals surface area contributed by atoms with Gasteiger partial charge in [-0.2, -0.15) is 0 Å². The molecule has 198 valence electrons. The minimum Gasteiger partial charge on any atom is -0.486 e. The summed E-state index contributed by atoms with van der Waals surface area (Å²) in [6.07, 6.45) is 3.14. The van der Waals surface area contributed by atoms with E-state index >= 15 is 0 Å². The van der Waals surface area contributed by atoms with Crippen molar-refractivity contribution in [1.82, 2.24) is 14.8 Å². The van der Waals surface area contributed by atoms with Gasteiger partial charge in [0, 0.05) is 37.9 Å². The highest BCUT2D eigenvalue weighted by atomic mass is 32.2. The van der Waals surface area contributed by atoms with E-state index < -0.39 is 16.1 Å². The number of pyridine rings is 1. The zero-order chi connectivity index (χ0) is 26.6. The Kier molecular flexibility index (Phi) is 8.48. The molecule has 3 aromatic rings. The first-order valence-electron chi connectivity index (χ1n) is 12.0. The molecule has 0 saturated heterocycles. The zero-order valence-electron chi connectivity index (χ0n) is 21.1. The molecule has 37 heavy (non-hydrogen) atoms. The molecule has 0 bridgehead atoms. The molecule has 11 heteroatoms. The summed E-state index contributed by atoms with van der Waals surface area (Å²) < 4.78 is 35.3. The van der Waals surface area contributed by atoms with E-state index in [-0.39, 0.29) is 45.7 Å². The summed E-state index contributed by atoms with van der Waals surface area (Å²) in [7, 11) is -1.88. The fraction of sp³-hybridized carbons (Fsp3) is 0.385. The molecule has 0 radical (unpaired) electrons. The van der Waals surface area contributed by atoms with Gasteiger partial charge in [0.15, 0.2) is 5.75 Å². The van der Waals surface area contributed by atoms with E-state index in [2.05, 4.69) is 14.6 Å². The smallest absolute Gasteiger partial charge is 0.271 e. The monoisotopic (exact) mass is 544 g/mol. The standard InChI is InChI=1S/C26H32N4O5S2/c1-18-14-30(19(2)17-31)26(32)21-6-4-7-22(28-37(33,34)24-8-5-13-36-24)25(21)35-23(18)16-29(3)15-20-9-11-27-12-10-20/h4-13,18-19,23,28,31H,14-17H2,1-3H3/t18-,19-,23-/m0/s1. The number of anilines is 1. The Hall–Kier alpha value is -2.99. The number of nitrogens with zero attached hydrogens (tertiary/aromatic N) is 3. The number of carbonyl (C=O) groups is 1. The summed E-state index contributed by atoms with van der Waals surface area (Å²) in [5, 5.41) is 11.5. The van der Waals surface area contributed by atoms with Gasteiger partial charge in [0.25, 0.3) is 15.9 Å². The quantitative estimate of drug-likeness (QED) is 0.425. The van der Waals surface area contributed by atoms with Gasteiger partial charge in [0.2, 0.25) is 0 Å². The number of sulfonamides is 1. The van der Waals surface area contributed by atoms with Gasteiger partial charge in [-0.1, -0.05) is 19.1 Å². The lowest BCUT2D eigenvalue weighted by molar-refractivity contribution is 0.0344. The molecular formula is C26H32N4O5S2. The minimum atomic E-state index is -3.86. The number of hydrogen-bond donors (Lipinski definition) is 2. The highest BCUT2D eigenvalue weighted by Gasteiger charge is 2.35. The van der Waals surface area contributed by atoms with Gasteiger partial charge in [0.1, 0.15) is 10.3 Å². The number of nitrogens with one attached hydrogen (secondary N) is 1. The predicted octanol–water partition coefficient (Wildman–Crippen LogP) is 3.30. The Bertz CT molecular complexity index is 1300. The van der Waals surface area contributed by atoms with Crippen molar-refractivity contribution in [3.05, 3.63) is 71.4 Å². The van der Waals surface area contributed by atoms with Crippen molar-refractivity contribution in [2.24, 2.45) is 5.92 Å². The highest BCUT2D eigenvalue weighted by Crippen LogP contribution is 2.36. The van der Waals surface area contributed by atoms with Gasteiger partial charge in [-0.15, -0.1) is 11.3 Å². The highest BCUT2D eigenvalue weighted by molar-refractivity contribution is 7.94. The number of fused-ring (bicyclic) bond motifs is 1. The van der Waals surface area contributed by atoms with E-state index in [0.29, 0.717) is 19.6 Å². The number of thiophene rings is 1. The zero-order valence-corrected chi connectivity index (χ0v) is 22.7. The third-order valence-corrected chi connectivity index (χ3v) is 9.15. The molecule has 2 aromatic heterocycles. The van der Waals surface area contributed by atoms with Crippen LogP contribution in [-0.4, -0.2) is 73.1 Å². The average molecular weight is 545 g/mol. The van der Waals surface area contributed by atoms with Crippen LogP contribution in [0.15, 0.2) is 64.4 Å². The lowest BCUT2D eigenvalue weighted by Crippen LogP contribution is -2.49. The first-order chi connectivity index (χ1) is 17.7. The summed E-state index contributed by atoms with van der Waals surface area (Å²) in [4.78, 5) is 21.4. The van der Waals surface area contributed by atoms with Crippen LogP contribution < -0.4 is 9.46 Å². The van der Waals surface area contributed by atoms with Crippen molar-refractivity contribution in [2.75, 3.05) is 31.5 Å². The summed E-state index contributed by atoms with van der Waals surface area (Å²) in [5.74, 6) is -0.228. The van der Waals surface area contributed by atoms with Crippen LogP contribution in [0.4, 0.5) is 5.69 Å². The summed E-state index contributed by atoms with van der Waals surface area (Å²) in [5.41, 5.74) is 1.55. The SMILES string of the molecule is C[C@H]1CN([C@@H](C)CO)C(=O)c2cccc(NS(=O)(=O)c3cccs3)c2O[C@H]1CN(C)Cc1ccncc1. The van der Waals surface area contributed by atoms with Gasteiger partial charge in [-0.25, -0.2) is 8.42 Å². The van der Waals surface area contributed by atoms with Crippen LogP contribution in [0.1, 0.15) is 29.8 Å². The maximum atomic E-state index is 13.6. The lowest BCUT2D eigenvalue weighted by atomic mass is 9.99. The number of likely N-dealkylation sites (N-methyl/N-ethyl adjacent to an activating group) is 1. The molecule has 3 atom stereocenters. The Morgan fingerprint density at radius 3 is 2.68 bits per heavy atom. The van der Waals surface area contributed by atoms with Crippen molar-refractivity contribution in [1.29, 1.82) is 0 Å². The van der Waals surface area contributed by atoms with Crippen LogP contribution in [0.5, 0.6) is 5.75 Å². The van der Waals surface area contributed by atoms with Crippen LogP contribution in [0.2, 0.25) is 0 Å². The van der Waals surface area contributed by atoms with E-state index in [9.17, 15) is 18.3 Å². The van der Waals surface area contributed by atoms with Crippen LogP contribution in [0.25, 0.3) is 0 Å². The van der Waals surface area contributed by atoms with Gasteiger partial charge < -0.3 is 14.7 Å². The number of aliphatic hydroxyl groups excluding tert-OH is 1. The van der Waals surface area contributed by atoms with Gasteiger partial charge in [0.05, 0.1) is 23.9 Å². The van der Waals surface area contributed by atoms with E-state index in [1.165, 1.54) is 6.07 Å². The normalized spacial score (nSPS) is 19.1. The summed E-state index contributed by atoms with van der Waals surface area (Å²) in [6, 6.07) is 11.5. The van der Waals surface area contributed by atoms with Crippen molar-refractivity contribution in [3.8, 4) is 5.75 Å². The van der Waals surface area contributed by atoms with Crippen molar-refractivity contribution < 1.29 is 23.1 Å². The van der Waals surface area contributed by atoms with Crippen LogP contribution in [0.3, 0.4) is 0 Å². The van der Waals surface area contributed by atoms with Crippen LogP contribution in [-0.2, 0) is 16.6 Å². The third-order valence-electron chi connectivity index (χ3n) is 6.39. The molecule has 3 heterocycles. The minimum absolute atomic E-state index is 0.104. The first kappa shape index (κ1) is 27.1. The lowest BCUT2D eigenvalue weighted by Gasteiger charge is -2.38. The number of aromatic nitrogens is 1. The Morgan fingerprint density at radius 2 is 2.00 bits per heavy atom. The maximum absolute atomic E-state index is 13.6. The fourth-order valence-electron chi connectivity index (χ4n) is 4.32. The van der Waals surface area contributed by atoms with E-state index in [0.717, 1.165) is 16.9 Å². The molecule has 1 aliphatic heterocycles. The second-order valence-corrected chi connectivity index (χ2v) is 12.3. The average Bonchev–Trinajstić information content (AvgIpc) is 3.43. The third kappa shape index (κ3) is 6.30. The Morgan fingerprint density at radius 1 is 1.24 bits per heavy atom. The molecule has 1 amide bonds. The number of benzene rings is 1. The van der Waals surface area contributed by atoms with Crippen molar-refractivity contribution in [2.45, 2.75) is 36.7 Å². The van der Waals surface area contributed by atoms with Crippen LogP contribution in [0, 0.1) is 5.92 Å². The molecule has 0 unspecified atom stereocenters. The van der Waals surface area contributed by atoms with E-state index in [1.54, 1.807) is 53.9 Å². The Labute approximate surface area is 221 Å². The molecule has 0 fully saturated rings. The molecule has 9 nitrogen and oxygen atoms in total. The second kappa shape index (κ2) is 11.6. The Balaban J connectivity index is 1.70. The molecule has 0 spiro atoms. The van der Waals surface area contributed by atoms with Crippen LogP contribution >= 0.6 is 11.3 Å². The molecule has 2 N–H and O–H groups in total. The van der Waals surface area contributed by atoms with Crippen molar-refractivity contribution in [3.63, 3.8) is 0 Å². The number of rotatable bonds is 9. The van der Waals surface area contributed by atoms with Gasteiger partial charge >= 0.3 is 0 Å². The van der Waals surface area contributed by atoms with E-state index in [4.69, 9.17) is 4.74 Å². The number of aliphatic hydroxyl groups is 1. The van der Waals surface area contributed by atoms with Gasteiger partial charge in [-0.3, -0.25) is 19.4 Å². The second-order valence-electron chi connectivity index (χ2n) is 9.39.